The van der Waals surface area contributed by atoms with E-state index in [1.54, 1.807) is 0 Å². The molecule has 0 aromatic heterocycles. The molecule has 0 aliphatic heterocycles. The van der Waals surface area contributed by atoms with Gasteiger partial charge in [0.15, 0.2) is 11.6 Å². The lowest BCUT2D eigenvalue weighted by molar-refractivity contribution is -0.185. The monoisotopic (exact) mass is 481 g/mol. The minimum Gasteiger partial charge on any atom is -0.393 e. The van der Waals surface area contributed by atoms with Crippen LogP contribution in [0.3, 0.4) is 0 Å². The van der Waals surface area contributed by atoms with Crippen LogP contribution in [0.4, 0.5) is 5.69 Å². The maximum absolute atomic E-state index is 12.7. The Hall–Kier alpha value is -2.02. The summed E-state index contributed by atoms with van der Waals surface area (Å²) in [5.74, 6) is -0.114. The minimum atomic E-state index is -1.59. The Morgan fingerprint density at radius 2 is 1.89 bits per heavy atom. The van der Waals surface area contributed by atoms with Crippen molar-refractivity contribution in [2.45, 2.75) is 71.0 Å². The number of allylic oxidation sites excluding steroid dienone is 1. The van der Waals surface area contributed by atoms with Crippen molar-refractivity contribution >= 4 is 17.3 Å². The number of aliphatic hydroxyl groups excluding tert-OH is 2. The molecule has 0 amide bonds. The van der Waals surface area contributed by atoms with Crippen molar-refractivity contribution in [2.24, 2.45) is 34.5 Å². The van der Waals surface area contributed by atoms with E-state index in [9.17, 15) is 24.9 Å². The lowest BCUT2D eigenvalue weighted by Crippen LogP contribution is -2.63. The van der Waals surface area contributed by atoms with E-state index in [2.05, 4.69) is 43.4 Å². The molecule has 0 spiro atoms. The van der Waals surface area contributed by atoms with Gasteiger partial charge in [-0.3, -0.25) is 9.59 Å². The van der Waals surface area contributed by atoms with Crippen molar-refractivity contribution in [3.05, 3.63) is 41.5 Å². The van der Waals surface area contributed by atoms with Crippen LogP contribution in [0.2, 0.25) is 0 Å². The molecule has 3 fully saturated rings. The fourth-order valence-electron chi connectivity index (χ4n) is 8.67. The van der Waals surface area contributed by atoms with Crippen LogP contribution >= 0.6 is 0 Å². The quantitative estimate of drug-likeness (QED) is 0.513. The summed E-state index contributed by atoms with van der Waals surface area (Å²) in [6.07, 6.45) is 4.61. The Morgan fingerprint density at radius 3 is 2.57 bits per heavy atom. The average Bonchev–Trinajstić information content (AvgIpc) is 3.09. The van der Waals surface area contributed by atoms with Gasteiger partial charge >= 0.3 is 0 Å². The third kappa shape index (κ3) is 3.55. The third-order valence-electron chi connectivity index (χ3n) is 10.6. The van der Waals surface area contributed by atoms with E-state index in [0.29, 0.717) is 32.2 Å². The fourth-order valence-corrected chi connectivity index (χ4v) is 8.67. The number of anilines is 1. The summed E-state index contributed by atoms with van der Waals surface area (Å²) in [5, 5.41) is 36.3. The summed E-state index contributed by atoms with van der Waals surface area (Å²) in [7, 11) is 0. The zero-order chi connectivity index (χ0) is 25.2. The Bertz CT molecular complexity index is 1050. The smallest absolute Gasteiger partial charge is 0.190 e. The molecule has 35 heavy (non-hydrogen) atoms. The number of hydrogen-bond donors (Lipinski definition) is 4. The summed E-state index contributed by atoms with van der Waals surface area (Å²) >= 11 is 0. The third-order valence-corrected chi connectivity index (χ3v) is 10.6. The number of nitrogens with one attached hydrogen (secondary N) is 1. The molecule has 0 heterocycles. The second kappa shape index (κ2) is 8.53. The Kier molecular flexibility index (Phi) is 6.01. The molecule has 8 atom stereocenters. The average molecular weight is 482 g/mol. The molecule has 1 aromatic carbocycles. The second-order valence-electron chi connectivity index (χ2n) is 12.1. The first kappa shape index (κ1) is 24.7. The first-order valence-corrected chi connectivity index (χ1v) is 13.1. The van der Waals surface area contributed by atoms with Crippen molar-refractivity contribution < 1.29 is 24.9 Å². The molecule has 1 unspecified atom stereocenters. The van der Waals surface area contributed by atoms with Crippen LogP contribution in [0.15, 0.2) is 35.9 Å². The van der Waals surface area contributed by atoms with Crippen molar-refractivity contribution in [3.63, 3.8) is 0 Å². The number of benzene rings is 1. The highest BCUT2D eigenvalue weighted by Crippen LogP contribution is 2.68. The Labute approximate surface area is 207 Å². The van der Waals surface area contributed by atoms with Crippen LogP contribution < -0.4 is 5.32 Å². The Morgan fingerprint density at radius 1 is 1.17 bits per heavy atom. The van der Waals surface area contributed by atoms with Gasteiger partial charge in [0.25, 0.3) is 0 Å². The first-order valence-electron chi connectivity index (χ1n) is 13.1. The van der Waals surface area contributed by atoms with Gasteiger partial charge in [0, 0.05) is 24.1 Å². The van der Waals surface area contributed by atoms with E-state index in [0.717, 1.165) is 24.1 Å². The van der Waals surface area contributed by atoms with Gasteiger partial charge in [-0.2, -0.15) is 0 Å². The largest absolute Gasteiger partial charge is 0.393 e. The van der Waals surface area contributed by atoms with Gasteiger partial charge < -0.3 is 20.6 Å². The standard InChI is InChI=1S/C29H39NO5/c1-17-4-7-20(8-5-17)30-15-19-13-21(32)12-18-6-9-22-23-10-11-29(35,25(34)16-31)27(23,2)14-24(33)26(22)28(18,19)3/h4-5,7-8,12,19,22-24,26,30-31,33,35H,6,9-11,13-16H2,1-3H3/t19?,22-,23-,24-,26+,27-,28+,29-/m0/s1. The highest BCUT2D eigenvalue weighted by Gasteiger charge is 2.69. The molecule has 1 aromatic rings. The van der Waals surface area contributed by atoms with Crippen LogP contribution in [0, 0.1) is 41.4 Å². The molecule has 0 saturated heterocycles. The van der Waals surface area contributed by atoms with Gasteiger partial charge in [0.05, 0.1) is 6.10 Å². The molecule has 4 N–H and O–H groups in total. The molecular weight excluding hydrogens is 442 g/mol. The van der Waals surface area contributed by atoms with Gasteiger partial charge in [-0.25, -0.2) is 0 Å². The van der Waals surface area contributed by atoms with E-state index >= 15 is 0 Å². The Balaban J connectivity index is 1.48. The molecule has 3 saturated carbocycles. The summed E-state index contributed by atoms with van der Waals surface area (Å²) in [4.78, 5) is 25.4. The zero-order valence-corrected chi connectivity index (χ0v) is 21.1. The maximum Gasteiger partial charge on any atom is 0.190 e. The van der Waals surface area contributed by atoms with Crippen LogP contribution in [0.25, 0.3) is 0 Å². The number of rotatable bonds is 5. The van der Waals surface area contributed by atoms with E-state index < -0.39 is 29.5 Å². The number of carbonyl (C=O) groups excluding carboxylic acids is 2. The minimum absolute atomic E-state index is 0.0370. The number of aliphatic hydroxyl groups is 3. The van der Waals surface area contributed by atoms with Crippen LogP contribution in [-0.4, -0.2) is 51.7 Å². The molecule has 0 radical (unpaired) electrons. The normalized spacial score (nSPS) is 42.5. The molecule has 4 aliphatic carbocycles. The number of ketones is 2. The number of Topliss-reactive ketones (excluding diaryl/α,β-unsaturated/α-hetero) is 1. The SMILES string of the molecule is Cc1ccc(NCC2CC(=O)C=C3CC[C@@H]4[C@H]([C@@H](O)C[C@@]5(C)[C@H]4CC[C@]5(O)C(=O)CO)[C@]32C)cc1. The van der Waals surface area contributed by atoms with Gasteiger partial charge in [-0.15, -0.1) is 0 Å². The summed E-state index contributed by atoms with van der Waals surface area (Å²) in [5.41, 5.74) is 0.676. The van der Waals surface area contributed by atoms with Crippen molar-refractivity contribution in [2.75, 3.05) is 18.5 Å². The molecule has 6 heteroatoms. The highest BCUT2D eigenvalue weighted by atomic mass is 16.3. The van der Waals surface area contributed by atoms with Gasteiger partial charge in [-0.1, -0.05) is 37.1 Å². The lowest BCUT2D eigenvalue weighted by atomic mass is 9.43. The number of carbonyl (C=O) groups is 2. The molecule has 4 aliphatic rings. The number of fused-ring (bicyclic) bond motifs is 5. The van der Waals surface area contributed by atoms with Gasteiger partial charge in [0.2, 0.25) is 0 Å². The van der Waals surface area contributed by atoms with Crippen molar-refractivity contribution in [1.82, 2.24) is 0 Å². The van der Waals surface area contributed by atoms with Crippen LogP contribution in [-0.2, 0) is 9.59 Å². The summed E-state index contributed by atoms with van der Waals surface area (Å²) in [6.45, 7) is 6.19. The van der Waals surface area contributed by atoms with Gasteiger partial charge in [-0.05, 0) is 86.3 Å². The summed E-state index contributed by atoms with van der Waals surface area (Å²) in [6, 6.07) is 8.25. The lowest BCUT2D eigenvalue weighted by Gasteiger charge is -2.62. The van der Waals surface area contributed by atoms with E-state index in [1.807, 2.05) is 13.0 Å². The predicted octanol–water partition coefficient (Wildman–Crippen LogP) is 3.43. The topological polar surface area (TPSA) is 107 Å². The molecule has 5 rings (SSSR count). The van der Waals surface area contributed by atoms with Crippen LogP contribution in [0.5, 0.6) is 0 Å². The van der Waals surface area contributed by atoms with E-state index in [4.69, 9.17) is 0 Å². The molecular formula is C29H39NO5. The maximum atomic E-state index is 12.7. The fraction of sp³-hybridized carbons (Fsp3) is 0.655. The number of aryl methyl sites for hydroxylation is 1. The van der Waals surface area contributed by atoms with Gasteiger partial charge in [0.1, 0.15) is 12.2 Å². The van der Waals surface area contributed by atoms with Crippen molar-refractivity contribution in [3.8, 4) is 0 Å². The highest BCUT2D eigenvalue weighted by molar-refractivity contribution is 5.92. The molecule has 0 bridgehead atoms. The number of hydrogen-bond acceptors (Lipinski definition) is 6. The van der Waals surface area contributed by atoms with E-state index in [-0.39, 0.29) is 34.9 Å². The predicted molar refractivity (Wildman–Crippen MR) is 134 cm³/mol. The van der Waals surface area contributed by atoms with Crippen molar-refractivity contribution in [1.29, 1.82) is 0 Å². The second-order valence-corrected chi connectivity index (χ2v) is 12.1. The zero-order valence-electron chi connectivity index (χ0n) is 21.1. The molecule has 190 valence electrons. The van der Waals surface area contributed by atoms with Crippen LogP contribution in [0.1, 0.15) is 57.9 Å². The summed E-state index contributed by atoms with van der Waals surface area (Å²) < 4.78 is 0. The first-order chi connectivity index (χ1) is 16.5. The van der Waals surface area contributed by atoms with E-state index in [1.165, 1.54) is 5.56 Å². The molecule has 6 nitrogen and oxygen atoms in total.